The maximum Gasteiger partial charge on any atom is 0.217 e. The molecule has 3 heteroatoms. The fraction of sp³-hybridized carbons (Fsp3) is 0.500. The van der Waals surface area contributed by atoms with Crippen LogP contribution in [0.4, 0.5) is 0 Å². The second-order valence-corrected chi connectivity index (χ2v) is 1.96. The maximum atomic E-state index is 10.2. The van der Waals surface area contributed by atoms with Crippen LogP contribution in [0.3, 0.4) is 0 Å². The Labute approximate surface area is 63.1 Å². The lowest BCUT2D eigenvalue weighted by Crippen LogP contribution is -2.19. The van der Waals surface area contributed by atoms with Gasteiger partial charge in [0.05, 0.1) is 11.9 Å². The third-order valence-electron chi connectivity index (χ3n) is 0.618. The van der Waals surface area contributed by atoms with Gasteiger partial charge >= 0.3 is 0 Å². The molecule has 0 aliphatic heterocycles. The van der Waals surface area contributed by atoms with Crippen molar-refractivity contribution in [3.05, 3.63) is 0 Å². The van der Waals surface area contributed by atoms with Gasteiger partial charge in [0.15, 0.2) is 0 Å². The lowest BCUT2D eigenvalue weighted by atomic mass is 10.5. The van der Waals surface area contributed by atoms with Gasteiger partial charge in [-0.2, -0.15) is 0 Å². The molecule has 1 N–H and O–H groups in total. The summed E-state index contributed by atoms with van der Waals surface area (Å²) in [7, 11) is 0. The fourth-order valence-corrected chi connectivity index (χ4v) is 0.477. The van der Waals surface area contributed by atoms with Crippen molar-refractivity contribution in [3.8, 4) is 11.8 Å². The van der Waals surface area contributed by atoms with E-state index in [1.165, 1.54) is 6.92 Å². The van der Waals surface area contributed by atoms with Crippen molar-refractivity contribution in [2.24, 2.45) is 0 Å². The van der Waals surface area contributed by atoms with E-state index in [9.17, 15) is 4.79 Å². The predicted molar refractivity (Wildman–Crippen MR) is 40.3 cm³/mol. The minimum Gasteiger partial charge on any atom is -0.345 e. The molecule has 9 heavy (non-hydrogen) atoms. The molecule has 0 aliphatic rings. The molecular weight excluding hydrogens is 182 g/mol. The molecule has 0 aromatic heterocycles. The SMILES string of the molecule is CC(=O)NCC#CCBr. The van der Waals surface area contributed by atoms with Crippen LogP contribution >= 0.6 is 15.9 Å². The molecule has 0 unspecified atom stereocenters. The first kappa shape index (κ1) is 8.51. The zero-order chi connectivity index (χ0) is 7.11. The Morgan fingerprint density at radius 2 is 2.33 bits per heavy atom. The zero-order valence-corrected chi connectivity index (χ0v) is 6.79. The normalized spacial score (nSPS) is 7.33. The van der Waals surface area contributed by atoms with E-state index in [-0.39, 0.29) is 5.91 Å². The maximum absolute atomic E-state index is 10.2. The zero-order valence-electron chi connectivity index (χ0n) is 5.20. The molecular formula is C6H8BrNO. The Hall–Kier alpha value is -0.490. The summed E-state index contributed by atoms with van der Waals surface area (Å²) in [6.45, 7) is 1.91. The molecule has 50 valence electrons. The summed E-state index contributed by atoms with van der Waals surface area (Å²) in [6, 6.07) is 0. The number of nitrogens with one attached hydrogen (secondary N) is 1. The lowest BCUT2D eigenvalue weighted by Gasteiger charge is -1.89. The number of alkyl halides is 1. The van der Waals surface area contributed by atoms with Crippen LogP contribution in [0.2, 0.25) is 0 Å². The molecule has 0 spiro atoms. The number of halogens is 1. The van der Waals surface area contributed by atoms with Crippen molar-refractivity contribution in [1.82, 2.24) is 5.32 Å². The van der Waals surface area contributed by atoms with Crippen LogP contribution in [0.25, 0.3) is 0 Å². The molecule has 0 aliphatic carbocycles. The third-order valence-corrected chi connectivity index (χ3v) is 0.898. The molecule has 0 saturated carbocycles. The van der Waals surface area contributed by atoms with E-state index < -0.39 is 0 Å². The van der Waals surface area contributed by atoms with Gasteiger partial charge in [0.1, 0.15) is 0 Å². The Bertz CT molecular complexity index is 145. The van der Waals surface area contributed by atoms with Gasteiger partial charge in [-0.1, -0.05) is 27.8 Å². The Balaban J connectivity index is 3.19. The number of carbonyl (C=O) groups excluding carboxylic acids is 1. The molecule has 0 aromatic rings. The van der Waals surface area contributed by atoms with Crippen LogP contribution in [0.1, 0.15) is 6.92 Å². The average Bonchev–Trinajstić information content (AvgIpc) is 1.80. The minimum absolute atomic E-state index is 0.0427. The van der Waals surface area contributed by atoms with Crippen molar-refractivity contribution < 1.29 is 4.79 Å². The first-order valence-corrected chi connectivity index (χ1v) is 3.65. The van der Waals surface area contributed by atoms with Crippen molar-refractivity contribution >= 4 is 21.8 Å². The Morgan fingerprint density at radius 3 is 2.78 bits per heavy atom. The molecule has 0 radical (unpaired) electrons. The summed E-state index contributed by atoms with van der Waals surface area (Å²) in [5, 5.41) is 3.21. The molecule has 0 bridgehead atoms. The van der Waals surface area contributed by atoms with Crippen LogP contribution in [-0.4, -0.2) is 17.8 Å². The molecule has 0 rings (SSSR count). The topological polar surface area (TPSA) is 29.1 Å². The lowest BCUT2D eigenvalue weighted by molar-refractivity contribution is -0.118. The molecule has 2 nitrogen and oxygen atoms in total. The van der Waals surface area contributed by atoms with E-state index in [1.54, 1.807) is 0 Å². The quantitative estimate of drug-likeness (QED) is 0.474. The first-order chi connectivity index (χ1) is 4.27. The largest absolute Gasteiger partial charge is 0.345 e. The average molecular weight is 190 g/mol. The van der Waals surface area contributed by atoms with Crippen LogP contribution in [-0.2, 0) is 4.79 Å². The van der Waals surface area contributed by atoms with E-state index >= 15 is 0 Å². The summed E-state index contributed by atoms with van der Waals surface area (Å²) in [6.07, 6.45) is 0. The second-order valence-electron chi connectivity index (χ2n) is 1.40. The molecule has 0 aromatic carbocycles. The third kappa shape index (κ3) is 7.51. The number of rotatable bonds is 1. The molecule has 0 saturated heterocycles. The van der Waals surface area contributed by atoms with E-state index in [4.69, 9.17) is 0 Å². The Kier molecular flexibility index (Phi) is 5.34. The van der Waals surface area contributed by atoms with Gasteiger partial charge in [-0.25, -0.2) is 0 Å². The number of carbonyl (C=O) groups is 1. The van der Waals surface area contributed by atoms with Gasteiger partial charge in [0.25, 0.3) is 0 Å². The highest BCUT2D eigenvalue weighted by molar-refractivity contribution is 9.09. The fourth-order valence-electron chi connectivity index (χ4n) is 0.278. The van der Waals surface area contributed by atoms with Crippen molar-refractivity contribution in [1.29, 1.82) is 0 Å². The Morgan fingerprint density at radius 1 is 1.67 bits per heavy atom. The van der Waals surface area contributed by atoms with E-state index in [0.29, 0.717) is 11.9 Å². The number of amides is 1. The molecule has 0 heterocycles. The van der Waals surface area contributed by atoms with Crippen LogP contribution in [0, 0.1) is 11.8 Å². The van der Waals surface area contributed by atoms with Crippen molar-refractivity contribution in [2.45, 2.75) is 6.92 Å². The monoisotopic (exact) mass is 189 g/mol. The van der Waals surface area contributed by atoms with Gasteiger partial charge in [-0.3, -0.25) is 4.79 Å². The van der Waals surface area contributed by atoms with Crippen LogP contribution < -0.4 is 5.32 Å². The predicted octanol–water partition coefficient (Wildman–Crippen LogP) is 0.521. The van der Waals surface area contributed by atoms with Crippen LogP contribution in [0.15, 0.2) is 0 Å². The molecule has 1 amide bonds. The summed E-state index contributed by atoms with van der Waals surface area (Å²) < 4.78 is 0. The summed E-state index contributed by atoms with van der Waals surface area (Å²) >= 11 is 3.13. The van der Waals surface area contributed by atoms with Crippen LogP contribution in [0.5, 0.6) is 0 Å². The molecule has 0 atom stereocenters. The van der Waals surface area contributed by atoms with Crippen molar-refractivity contribution in [2.75, 3.05) is 11.9 Å². The van der Waals surface area contributed by atoms with Gasteiger partial charge in [0.2, 0.25) is 5.91 Å². The van der Waals surface area contributed by atoms with E-state index in [0.717, 1.165) is 0 Å². The highest BCUT2D eigenvalue weighted by atomic mass is 79.9. The van der Waals surface area contributed by atoms with Crippen molar-refractivity contribution in [3.63, 3.8) is 0 Å². The molecule has 0 fully saturated rings. The van der Waals surface area contributed by atoms with Gasteiger partial charge in [-0.05, 0) is 0 Å². The minimum atomic E-state index is -0.0427. The van der Waals surface area contributed by atoms with E-state index in [2.05, 4.69) is 33.1 Å². The van der Waals surface area contributed by atoms with E-state index in [1.807, 2.05) is 0 Å². The summed E-state index contributed by atoms with van der Waals surface area (Å²) in [5.74, 6) is 5.45. The summed E-state index contributed by atoms with van der Waals surface area (Å²) in [4.78, 5) is 10.2. The first-order valence-electron chi connectivity index (χ1n) is 2.53. The highest BCUT2D eigenvalue weighted by Crippen LogP contribution is 1.71. The smallest absolute Gasteiger partial charge is 0.217 e. The number of hydrogen-bond donors (Lipinski definition) is 1. The highest BCUT2D eigenvalue weighted by Gasteiger charge is 1.82. The second kappa shape index (κ2) is 5.64. The standard InChI is InChI=1S/C6H8BrNO/c1-6(9)8-5-3-2-4-7/h4-5H2,1H3,(H,8,9). The van der Waals surface area contributed by atoms with Gasteiger partial charge in [0, 0.05) is 6.92 Å². The van der Waals surface area contributed by atoms with Gasteiger partial charge < -0.3 is 5.32 Å². The van der Waals surface area contributed by atoms with Gasteiger partial charge in [-0.15, -0.1) is 0 Å². The number of hydrogen-bond acceptors (Lipinski definition) is 1. The summed E-state index contributed by atoms with van der Waals surface area (Å²) in [5.41, 5.74) is 0.